The van der Waals surface area contributed by atoms with E-state index in [1.165, 1.54) is 0 Å². The summed E-state index contributed by atoms with van der Waals surface area (Å²) in [5.41, 5.74) is 4.16. The first-order valence-electron chi connectivity index (χ1n) is 9.46. The largest absolute Gasteiger partial charge is 0.392 e. The molecule has 1 saturated heterocycles. The summed E-state index contributed by atoms with van der Waals surface area (Å²) in [5.74, 6) is 0.181. The Morgan fingerprint density at radius 3 is 2.71 bits per heavy atom. The lowest BCUT2D eigenvalue weighted by Crippen LogP contribution is -2.39. The van der Waals surface area contributed by atoms with E-state index in [4.69, 9.17) is 4.98 Å². The Morgan fingerprint density at radius 2 is 1.96 bits per heavy atom. The van der Waals surface area contributed by atoms with Gasteiger partial charge in [-0.15, -0.1) is 0 Å². The van der Waals surface area contributed by atoms with Crippen LogP contribution in [0.2, 0.25) is 0 Å². The molecule has 1 N–H and O–H groups in total. The van der Waals surface area contributed by atoms with Gasteiger partial charge in [0.25, 0.3) is 5.91 Å². The van der Waals surface area contributed by atoms with Crippen molar-refractivity contribution in [2.24, 2.45) is 0 Å². The van der Waals surface area contributed by atoms with Crippen LogP contribution < -0.4 is 0 Å². The minimum atomic E-state index is 0.0153. The molecule has 0 radical (unpaired) electrons. The highest BCUT2D eigenvalue weighted by atomic mass is 16.3. The van der Waals surface area contributed by atoms with Gasteiger partial charge in [-0.1, -0.05) is 24.3 Å². The van der Waals surface area contributed by atoms with E-state index in [9.17, 15) is 9.90 Å². The van der Waals surface area contributed by atoms with Crippen molar-refractivity contribution < 1.29 is 9.90 Å². The third-order valence-electron chi connectivity index (χ3n) is 5.12. The SMILES string of the molecule is O=C(c1cccnc1)N1CCC[C@@H](c2cncc(-c3ccc(CO)cc3)n2)C1. The molecule has 28 heavy (non-hydrogen) atoms. The van der Waals surface area contributed by atoms with Crippen LogP contribution in [0.4, 0.5) is 0 Å². The number of nitrogens with zero attached hydrogens (tertiary/aromatic N) is 4. The summed E-state index contributed by atoms with van der Waals surface area (Å²) in [6, 6.07) is 11.2. The smallest absolute Gasteiger partial charge is 0.255 e. The maximum atomic E-state index is 12.8. The van der Waals surface area contributed by atoms with Crippen molar-refractivity contribution >= 4 is 5.91 Å². The molecule has 0 unspecified atom stereocenters. The topological polar surface area (TPSA) is 79.2 Å². The molecule has 2 aromatic heterocycles. The van der Waals surface area contributed by atoms with Crippen molar-refractivity contribution in [3.63, 3.8) is 0 Å². The second-order valence-electron chi connectivity index (χ2n) is 7.02. The van der Waals surface area contributed by atoms with Gasteiger partial charge in [-0.2, -0.15) is 0 Å². The number of piperidine rings is 1. The maximum Gasteiger partial charge on any atom is 0.255 e. The number of rotatable bonds is 4. The zero-order valence-electron chi connectivity index (χ0n) is 15.5. The quantitative estimate of drug-likeness (QED) is 0.759. The molecule has 142 valence electrons. The van der Waals surface area contributed by atoms with Crippen LogP contribution in [0.3, 0.4) is 0 Å². The van der Waals surface area contributed by atoms with Crippen molar-refractivity contribution in [3.05, 3.63) is 78.0 Å². The third kappa shape index (κ3) is 3.92. The van der Waals surface area contributed by atoms with Gasteiger partial charge in [0, 0.05) is 43.2 Å². The molecule has 6 heteroatoms. The van der Waals surface area contributed by atoms with Gasteiger partial charge in [0.2, 0.25) is 0 Å². The highest BCUT2D eigenvalue weighted by molar-refractivity contribution is 5.94. The summed E-state index contributed by atoms with van der Waals surface area (Å²) in [6.45, 7) is 1.41. The van der Waals surface area contributed by atoms with Gasteiger partial charge in [-0.05, 0) is 30.5 Å². The standard InChI is InChI=1S/C22H22N4O2/c27-15-16-5-7-17(8-6-16)20-12-24-13-21(25-20)19-4-2-10-26(14-19)22(28)18-3-1-9-23-11-18/h1,3,5-9,11-13,19,27H,2,4,10,14-15H2/t19-/m1/s1. The molecule has 1 aromatic carbocycles. The molecule has 0 spiro atoms. The molecule has 1 atom stereocenters. The molecule has 3 heterocycles. The molecule has 1 aliphatic rings. The number of aliphatic hydroxyl groups is 1. The Kier molecular flexibility index (Phi) is 5.39. The Balaban J connectivity index is 1.53. The molecule has 0 aliphatic carbocycles. The van der Waals surface area contributed by atoms with E-state index < -0.39 is 0 Å². The first-order valence-corrected chi connectivity index (χ1v) is 9.46. The minimum Gasteiger partial charge on any atom is -0.392 e. The van der Waals surface area contributed by atoms with Gasteiger partial charge in [-0.3, -0.25) is 14.8 Å². The van der Waals surface area contributed by atoms with E-state index in [0.717, 1.165) is 41.9 Å². The number of likely N-dealkylation sites (tertiary alicyclic amines) is 1. The van der Waals surface area contributed by atoms with Crippen molar-refractivity contribution in [2.75, 3.05) is 13.1 Å². The van der Waals surface area contributed by atoms with Gasteiger partial charge in [0.05, 0.1) is 29.8 Å². The van der Waals surface area contributed by atoms with Crippen LogP contribution in [-0.2, 0) is 6.61 Å². The molecule has 3 aromatic rings. The highest BCUT2D eigenvalue weighted by Crippen LogP contribution is 2.28. The zero-order valence-corrected chi connectivity index (χ0v) is 15.5. The fourth-order valence-corrected chi connectivity index (χ4v) is 3.57. The summed E-state index contributed by atoms with van der Waals surface area (Å²) in [6.07, 6.45) is 8.76. The number of carbonyl (C=O) groups is 1. The van der Waals surface area contributed by atoms with Crippen molar-refractivity contribution in [2.45, 2.75) is 25.4 Å². The molecule has 1 fully saturated rings. The second-order valence-corrected chi connectivity index (χ2v) is 7.02. The number of aromatic nitrogens is 3. The first-order chi connectivity index (χ1) is 13.7. The zero-order chi connectivity index (χ0) is 19.3. The molecule has 0 bridgehead atoms. The number of carbonyl (C=O) groups excluding carboxylic acids is 1. The summed E-state index contributed by atoms with van der Waals surface area (Å²) in [4.78, 5) is 27.9. The van der Waals surface area contributed by atoms with Crippen LogP contribution in [0.15, 0.2) is 61.2 Å². The highest BCUT2D eigenvalue weighted by Gasteiger charge is 2.26. The molecule has 1 aliphatic heterocycles. The van der Waals surface area contributed by atoms with Gasteiger partial charge in [0.15, 0.2) is 0 Å². The van der Waals surface area contributed by atoms with E-state index in [1.54, 1.807) is 36.9 Å². The number of hydrogen-bond donors (Lipinski definition) is 1. The predicted molar refractivity (Wildman–Crippen MR) is 106 cm³/mol. The predicted octanol–water partition coefficient (Wildman–Crippen LogP) is 3.05. The number of hydrogen-bond acceptors (Lipinski definition) is 5. The van der Waals surface area contributed by atoms with Gasteiger partial charge < -0.3 is 10.0 Å². The van der Waals surface area contributed by atoms with Gasteiger partial charge in [0.1, 0.15) is 0 Å². The van der Waals surface area contributed by atoms with Crippen molar-refractivity contribution in [3.8, 4) is 11.3 Å². The summed E-state index contributed by atoms with van der Waals surface area (Å²) < 4.78 is 0. The Labute approximate surface area is 163 Å². The summed E-state index contributed by atoms with van der Waals surface area (Å²) >= 11 is 0. The number of benzene rings is 1. The molecule has 0 saturated carbocycles. The maximum absolute atomic E-state index is 12.8. The Morgan fingerprint density at radius 1 is 1.11 bits per heavy atom. The van der Waals surface area contributed by atoms with Crippen LogP contribution in [0.5, 0.6) is 0 Å². The van der Waals surface area contributed by atoms with Crippen LogP contribution in [-0.4, -0.2) is 44.0 Å². The average molecular weight is 374 g/mol. The second kappa shape index (κ2) is 8.27. The lowest BCUT2D eigenvalue weighted by molar-refractivity contribution is 0.0705. The Bertz CT molecular complexity index is 944. The summed E-state index contributed by atoms with van der Waals surface area (Å²) in [5, 5.41) is 9.20. The van der Waals surface area contributed by atoms with Crippen molar-refractivity contribution in [1.29, 1.82) is 0 Å². The van der Waals surface area contributed by atoms with Crippen LogP contribution in [0, 0.1) is 0 Å². The van der Waals surface area contributed by atoms with Crippen LogP contribution >= 0.6 is 0 Å². The first kappa shape index (κ1) is 18.3. The van der Waals surface area contributed by atoms with Crippen LogP contribution in [0.1, 0.15) is 40.4 Å². The lowest BCUT2D eigenvalue weighted by Gasteiger charge is -2.32. The molecule has 4 rings (SSSR count). The van der Waals surface area contributed by atoms with E-state index in [1.807, 2.05) is 29.2 Å². The lowest BCUT2D eigenvalue weighted by atomic mass is 9.94. The number of amides is 1. The van der Waals surface area contributed by atoms with E-state index in [2.05, 4.69) is 9.97 Å². The monoisotopic (exact) mass is 374 g/mol. The third-order valence-corrected chi connectivity index (χ3v) is 5.12. The minimum absolute atomic E-state index is 0.0153. The normalized spacial score (nSPS) is 16.8. The van der Waals surface area contributed by atoms with E-state index >= 15 is 0 Å². The van der Waals surface area contributed by atoms with Crippen molar-refractivity contribution in [1.82, 2.24) is 19.9 Å². The van der Waals surface area contributed by atoms with Gasteiger partial charge >= 0.3 is 0 Å². The molecule has 6 nitrogen and oxygen atoms in total. The van der Waals surface area contributed by atoms with Gasteiger partial charge in [-0.25, -0.2) is 4.98 Å². The number of aliphatic hydroxyl groups excluding tert-OH is 1. The summed E-state index contributed by atoms with van der Waals surface area (Å²) in [7, 11) is 0. The molecular weight excluding hydrogens is 352 g/mol. The Hall–Kier alpha value is -3.12. The molecular formula is C22H22N4O2. The van der Waals surface area contributed by atoms with Crippen LogP contribution in [0.25, 0.3) is 11.3 Å². The average Bonchev–Trinajstić information content (AvgIpc) is 2.79. The van der Waals surface area contributed by atoms with E-state index in [-0.39, 0.29) is 18.4 Å². The molecule has 1 amide bonds. The van der Waals surface area contributed by atoms with E-state index in [0.29, 0.717) is 12.1 Å². The fourth-order valence-electron chi connectivity index (χ4n) is 3.57. The fraction of sp³-hybridized carbons (Fsp3) is 0.273. The number of pyridine rings is 1.